The molecule has 0 aromatic carbocycles. The predicted octanol–water partition coefficient (Wildman–Crippen LogP) is 0.868. The Hall–Kier alpha value is -1.10. The number of guanidine groups is 1. The van der Waals surface area contributed by atoms with Gasteiger partial charge in [0.25, 0.3) is 0 Å². The maximum atomic E-state index is 12.5. The highest BCUT2D eigenvalue weighted by Crippen LogP contribution is 2.17. The van der Waals surface area contributed by atoms with Crippen LogP contribution in [0.2, 0.25) is 0 Å². The van der Waals surface area contributed by atoms with Crippen LogP contribution in [0.5, 0.6) is 0 Å². The van der Waals surface area contributed by atoms with Crippen LogP contribution in [0.3, 0.4) is 0 Å². The fraction of sp³-hybridized carbons (Fsp3) is 0.857. The van der Waals surface area contributed by atoms with Crippen molar-refractivity contribution in [2.24, 2.45) is 10.9 Å². The van der Waals surface area contributed by atoms with Crippen molar-refractivity contribution >= 4 is 11.9 Å². The largest absolute Gasteiger partial charge is 0.340 e. The molecule has 19 heavy (non-hydrogen) atoms. The van der Waals surface area contributed by atoms with E-state index in [2.05, 4.69) is 35.7 Å². The van der Waals surface area contributed by atoms with E-state index in [4.69, 9.17) is 0 Å². The molecule has 1 amide bonds. The summed E-state index contributed by atoms with van der Waals surface area (Å²) in [5.41, 5.74) is 0. The van der Waals surface area contributed by atoms with Crippen molar-refractivity contribution in [1.29, 1.82) is 0 Å². The highest BCUT2D eigenvalue weighted by atomic mass is 16.2. The standard InChI is InChI=1S/C14H26N4O/c1-4-12(5-2)13(19)18-7-6-15-14(18)17-10-8-16(3)9-11-17/h12H,4-11H2,1-3H3. The van der Waals surface area contributed by atoms with Crippen LogP contribution in [0.1, 0.15) is 26.7 Å². The van der Waals surface area contributed by atoms with E-state index in [-0.39, 0.29) is 11.8 Å². The van der Waals surface area contributed by atoms with Crippen LogP contribution in [0, 0.1) is 5.92 Å². The van der Waals surface area contributed by atoms with Crippen molar-refractivity contribution in [3.63, 3.8) is 0 Å². The minimum absolute atomic E-state index is 0.149. The Morgan fingerprint density at radius 1 is 1.16 bits per heavy atom. The SMILES string of the molecule is CCC(CC)C(=O)N1CCN=C1N1CCN(C)CC1. The molecule has 2 heterocycles. The summed E-state index contributed by atoms with van der Waals surface area (Å²) in [7, 11) is 2.14. The minimum atomic E-state index is 0.149. The highest BCUT2D eigenvalue weighted by molar-refractivity contribution is 5.99. The Kier molecular flexibility index (Phi) is 4.80. The number of rotatable bonds is 3. The predicted molar refractivity (Wildman–Crippen MR) is 77.2 cm³/mol. The Morgan fingerprint density at radius 3 is 2.37 bits per heavy atom. The Labute approximate surface area is 116 Å². The van der Waals surface area contributed by atoms with Crippen molar-refractivity contribution in [3.8, 4) is 0 Å². The number of carbonyl (C=O) groups is 1. The van der Waals surface area contributed by atoms with Gasteiger partial charge in [-0.3, -0.25) is 14.7 Å². The molecule has 0 aromatic heterocycles. The third-order valence-electron chi connectivity index (χ3n) is 4.21. The normalized spacial score (nSPS) is 21.2. The average Bonchev–Trinajstić information content (AvgIpc) is 2.90. The van der Waals surface area contributed by atoms with E-state index < -0.39 is 0 Å². The van der Waals surface area contributed by atoms with Gasteiger partial charge in [-0.05, 0) is 19.9 Å². The van der Waals surface area contributed by atoms with Crippen molar-refractivity contribution in [2.75, 3.05) is 46.3 Å². The second kappa shape index (κ2) is 6.37. The topological polar surface area (TPSA) is 39.2 Å². The zero-order chi connectivity index (χ0) is 13.8. The molecule has 108 valence electrons. The lowest BCUT2D eigenvalue weighted by molar-refractivity contribution is -0.131. The maximum absolute atomic E-state index is 12.5. The van der Waals surface area contributed by atoms with Gasteiger partial charge in [0, 0.05) is 38.6 Å². The fourth-order valence-electron chi connectivity index (χ4n) is 2.78. The summed E-state index contributed by atoms with van der Waals surface area (Å²) in [6.45, 7) is 9.75. The summed E-state index contributed by atoms with van der Waals surface area (Å²) >= 11 is 0. The molecule has 2 rings (SSSR count). The van der Waals surface area contributed by atoms with Gasteiger partial charge >= 0.3 is 0 Å². The van der Waals surface area contributed by atoms with Gasteiger partial charge in [0.05, 0.1) is 6.54 Å². The van der Waals surface area contributed by atoms with Crippen molar-refractivity contribution in [2.45, 2.75) is 26.7 Å². The summed E-state index contributed by atoms with van der Waals surface area (Å²) in [4.78, 5) is 23.6. The molecule has 0 unspecified atom stereocenters. The highest BCUT2D eigenvalue weighted by Gasteiger charge is 2.32. The van der Waals surface area contributed by atoms with Gasteiger partial charge in [-0.2, -0.15) is 0 Å². The molecule has 0 saturated carbocycles. The quantitative estimate of drug-likeness (QED) is 0.761. The van der Waals surface area contributed by atoms with E-state index in [0.29, 0.717) is 0 Å². The van der Waals surface area contributed by atoms with Crippen molar-refractivity contribution in [3.05, 3.63) is 0 Å². The van der Waals surface area contributed by atoms with Gasteiger partial charge in [0.2, 0.25) is 11.9 Å². The minimum Gasteiger partial charge on any atom is -0.340 e. The van der Waals surface area contributed by atoms with Gasteiger partial charge in [-0.15, -0.1) is 0 Å². The zero-order valence-corrected chi connectivity index (χ0v) is 12.4. The maximum Gasteiger partial charge on any atom is 0.232 e. The number of piperazine rings is 1. The van der Waals surface area contributed by atoms with E-state index in [1.165, 1.54) is 0 Å². The molecule has 5 nitrogen and oxygen atoms in total. The monoisotopic (exact) mass is 266 g/mol. The smallest absolute Gasteiger partial charge is 0.232 e. The summed E-state index contributed by atoms with van der Waals surface area (Å²) in [6, 6.07) is 0. The first-order chi connectivity index (χ1) is 9.17. The Bertz CT molecular complexity index is 343. The van der Waals surface area contributed by atoms with E-state index in [9.17, 15) is 4.79 Å². The lowest BCUT2D eigenvalue weighted by Crippen LogP contribution is -2.53. The zero-order valence-electron chi connectivity index (χ0n) is 12.4. The molecule has 0 atom stereocenters. The second-order valence-corrected chi connectivity index (χ2v) is 5.48. The first kappa shape index (κ1) is 14.3. The molecule has 0 radical (unpaired) electrons. The lowest BCUT2D eigenvalue weighted by Gasteiger charge is -2.36. The molecule has 2 aliphatic heterocycles. The Balaban J connectivity index is 2.02. The number of nitrogens with zero attached hydrogens (tertiary/aromatic N) is 4. The average molecular weight is 266 g/mol. The molecular formula is C14H26N4O. The molecule has 0 aromatic rings. The van der Waals surface area contributed by atoms with Crippen LogP contribution in [-0.4, -0.2) is 72.9 Å². The van der Waals surface area contributed by atoms with Gasteiger partial charge in [0.1, 0.15) is 0 Å². The molecule has 1 fully saturated rings. The van der Waals surface area contributed by atoms with Gasteiger partial charge in [-0.25, -0.2) is 0 Å². The van der Waals surface area contributed by atoms with E-state index in [1.54, 1.807) is 0 Å². The van der Waals surface area contributed by atoms with Crippen molar-refractivity contribution in [1.82, 2.24) is 14.7 Å². The fourth-order valence-corrected chi connectivity index (χ4v) is 2.78. The molecule has 0 spiro atoms. The van der Waals surface area contributed by atoms with Crippen LogP contribution in [0.4, 0.5) is 0 Å². The number of carbonyl (C=O) groups excluding carboxylic acids is 1. The number of hydrogen-bond acceptors (Lipinski definition) is 4. The molecule has 1 saturated heterocycles. The third kappa shape index (κ3) is 3.08. The van der Waals surface area contributed by atoms with Crippen molar-refractivity contribution < 1.29 is 4.79 Å². The van der Waals surface area contributed by atoms with Gasteiger partial charge < -0.3 is 9.80 Å². The molecule has 0 N–H and O–H groups in total. The number of hydrogen-bond donors (Lipinski definition) is 0. The van der Waals surface area contributed by atoms with E-state index in [1.807, 2.05) is 4.90 Å². The number of likely N-dealkylation sites (N-methyl/N-ethyl adjacent to an activating group) is 1. The lowest BCUT2D eigenvalue weighted by atomic mass is 10.0. The van der Waals surface area contributed by atoms with Crippen LogP contribution in [0.15, 0.2) is 4.99 Å². The summed E-state index contributed by atoms with van der Waals surface area (Å²) in [6.07, 6.45) is 1.84. The van der Waals surface area contributed by atoms with Gasteiger partial charge in [0.15, 0.2) is 0 Å². The van der Waals surface area contributed by atoms with E-state index >= 15 is 0 Å². The molecular weight excluding hydrogens is 240 g/mol. The van der Waals surface area contributed by atoms with Crippen LogP contribution in [0.25, 0.3) is 0 Å². The summed E-state index contributed by atoms with van der Waals surface area (Å²) in [5.74, 6) is 1.33. The van der Waals surface area contributed by atoms with Crippen LogP contribution < -0.4 is 0 Å². The first-order valence-corrected chi connectivity index (χ1v) is 7.46. The second-order valence-electron chi connectivity index (χ2n) is 5.48. The molecule has 2 aliphatic rings. The summed E-state index contributed by atoms with van der Waals surface area (Å²) in [5, 5.41) is 0. The number of aliphatic imine (C=N–C) groups is 1. The van der Waals surface area contributed by atoms with Gasteiger partial charge in [-0.1, -0.05) is 13.8 Å². The van der Waals surface area contributed by atoms with Crippen LogP contribution in [-0.2, 0) is 4.79 Å². The number of amides is 1. The molecule has 0 aliphatic carbocycles. The van der Waals surface area contributed by atoms with E-state index in [0.717, 1.165) is 58.1 Å². The Morgan fingerprint density at radius 2 is 1.79 bits per heavy atom. The first-order valence-electron chi connectivity index (χ1n) is 7.46. The van der Waals surface area contributed by atoms with Crippen LogP contribution >= 0.6 is 0 Å². The molecule has 5 heteroatoms. The molecule has 0 bridgehead atoms. The third-order valence-corrected chi connectivity index (χ3v) is 4.21. The summed E-state index contributed by atoms with van der Waals surface area (Å²) < 4.78 is 0.